The van der Waals surface area contributed by atoms with Crippen LogP contribution in [0.1, 0.15) is 36.1 Å². The number of aryl methyl sites for hydroxylation is 1. The molecule has 0 bridgehead atoms. The highest BCUT2D eigenvalue weighted by atomic mass is 32.1. The van der Waals surface area contributed by atoms with Crippen LogP contribution in [0.4, 0.5) is 0 Å². The Hall–Kier alpha value is -0.410. The predicted molar refractivity (Wildman–Crippen MR) is 60.8 cm³/mol. The van der Waals surface area contributed by atoms with Crippen molar-refractivity contribution in [3.05, 3.63) is 16.1 Å². The molecule has 2 heterocycles. The Bertz CT molecular complexity index is 300. The highest BCUT2D eigenvalue weighted by Crippen LogP contribution is 2.29. The lowest BCUT2D eigenvalue weighted by Crippen LogP contribution is -2.40. The summed E-state index contributed by atoms with van der Waals surface area (Å²) in [7, 11) is 0. The van der Waals surface area contributed by atoms with Crippen LogP contribution in [0.2, 0.25) is 0 Å². The molecular weight excluding hydrogens is 192 g/mol. The number of rotatable bonds is 3. The van der Waals surface area contributed by atoms with Crippen molar-refractivity contribution >= 4 is 11.3 Å². The topological polar surface area (TPSA) is 24.9 Å². The van der Waals surface area contributed by atoms with Crippen molar-refractivity contribution in [1.82, 2.24) is 10.3 Å². The van der Waals surface area contributed by atoms with Gasteiger partial charge in [0.15, 0.2) is 0 Å². The minimum atomic E-state index is 0.374. The molecule has 0 aromatic carbocycles. The summed E-state index contributed by atoms with van der Waals surface area (Å²) in [5, 5.41) is 4.84. The number of hydrogen-bond donors (Lipinski definition) is 1. The highest BCUT2D eigenvalue weighted by molar-refractivity contribution is 7.11. The molecule has 1 N–H and O–H groups in total. The van der Waals surface area contributed by atoms with E-state index in [1.165, 1.54) is 35.7 Å². The number of nitrogens with one attached hydrogen (secondary N) is 1. The standard InChI is InChI=1S/C11H18N2S/c1-3-11(5-4-6-13-11)7-10-8-12-9(2)14-10/h8,13H,3-7H2,1-2H3. The molecule has 0 spiro atoms. The number of aromatic nitrogens is 1. The molecule has 0 amide bonds. The molecule has 0 aliphatic carbocycles. The first kappa shape index (κ1) is 10.1. The lowest BCUT2D eigenvalue weighted by Gasteiger charge is -2.27. The Kier molecular flexibility index (Phi) is 2.88. The van der Waals surface area contributed by atoms with E-state index >= 15 is 0 Å². The van der Waals surface area contributed by atoms with E-state index in [0.29, 0.717) is 5.54 Å². The van der Waals surface area contributed by atoms with Gasteiger partial charge in [0.2, 0.25) is 0 Å². The van der Waals surface area contributed by atoms with Gasteiger partial charge >= 0.3 is 0 Å². The second-order valence-electron chi connectivity index (χ2n) is 4.19. The molecule has 2 rings (SSSR count). The molecule has 1 aliphatic rings. The van der Waals surface area contributed by atoms with Crippen molar-refractivity contribution in [1.29, 1.82) is 0 Å². The van der Waals surface area contributed by atoms with E-state index in [9.17, 15) is 0 Å². The molecule has 1 fully saturated rings. The number of nitrogens with zero attached hydrogens (tertiary/aromatic N) is 1. The van der Waals surface area contributed by atoms with Gasteiger partial charge < -0.3 is 5.32 Å². The van der Waals surface area contributed by atoms with Crippen LogP contribution in [-0.2, 0) is 6.42 Å². The monoisotopic (exact) mass is 210 g/mol. The molecule has 1 aromatic rings. The second-order valence-corrected chi connectivity index (χ2v) is 5.51. The summed E-state index contributed by atoms with van der Waals surface area (Å²) in [6.07, 6.45) is 7.07. The summed E-state index contributed by atoms with van der Waals surface area (Å²) in [5.74, 6) is 0. The molecule has 14 heavy (non-hydrogen) atoms. The van der Waals surface area contributed by atoms with Crippen molar-refractivity contribution < 1.29 is 0 Å². The smallest absolute Gasteiger partial charge is 0.0896 e. The molecule has 3 heteroatoms. The Morgan fingerprint density at radius 1 is 1.64 bits per heavy atom. The van der Waals surface area contributed by atoms with Crippen molar-refractivity contribution in [2.75, 3.05) is 6.54 Å². The summed E-state index contributed by atoms with van der Waals surface area (Å²) >= 11 is 1.84. The van der Waals surface area contributed by atoms with Crippen molar-refractivity contribution in [2.24, 2.45) is 0 Å². The molecule has 1 aromatic heterocycles. The lowest BCUT2D eigenvalue weighted by atomic mass is 9.90. The number of thiazole rings is 1. The van der Waals surface area contributed by atoms with Gasteiger partial charge in [-0.1, -0.05) is 6.92 Å². The van der Waals surface area contributed by atoms with E-state index in [4.69, 9.17) is 0 Å². The van der Waals surface area contributed by atoms with Crippen LogP contribution >= 0.6 is 11.3 Å². The molecule has 1 saturated heterocycles. The molecule has 0 radical (unpaired) electrons. The van der Waals surface area contributed by atoms with Gasteiger partial charge in [-0.05, 0) is 32.7 Å². The predicted octanol–water partition coefficient (Wildman–Crippen LogP) is 2.53. The Labute approximate surface area is 89.8 Å². The quantitative estimate of drug-likeness (QED) is 0.829. The minimum Gasteiger partial charge on any atom is -0.311 e. The zero-order valence-corrected chi connectivity index (χ0v) is 9.78. The fourth-order valence-corrected chi connectivity index (χ4v) is 3.21. The third-order valence-electron chi connectivity index (χ3n) is 3.19. The zero-order chi connectivity index (χ0) is 10.0. The van der Waals surface area contributed by atoms with Gasteiger partial charge in [0.05, 0.1) is 5.01 Å². The third-order valence-corrected chi connectivity index (χ3v) is 4.10. The molecule has 0 saturated carbocycles. The normalized spacial score (nSPS) is 27.0. The zero-order valence-electron chi connectivity index (χ0n) is 8.97. The second kappa shape index (κ2) is 3.99. The summed E-state index contributed by atoms with van der Waals surface area (Å²) in [4.78, 5) is 5.74. The van der Waals surface area contributed by atoms with E-state index in [1.807, 2.05) is 17.5 Å². The lowest BCUT2D eigenvalue weighted by molar-refractivity contribution is 0.362. The van der Waals surface area contributed by atoms with E-state index in [2.05, 4.69) is 24.1 Å². The Morgan fingerprint density at radius 3 is 3.00 bits per heavy atom. The maximum Gasteiger partial charge on any atom is 0.0896 e. The van der Waals surface area contributed by atoms with Crippen LogP contribution in [0.5, 0.6) is 0 Å². The minimum absolute atomic E-state index is 0.374. The van der Waals surface area contributed by atoms with Crippen LogP contribution in [0.15, 0.2) is 6.20 Å². The average molecular weight is 210 g/mol. The van der Waals surface area contributed by atoms with E-state index in [1.54, 1.807) is 0 Å². The van der Waals surface area contributed by atoms with Gasteiger partial charge in [-0.3, -0.25) is 0 Å². The van der Waals surface area contributed by atoms with Gasteiger partial charge in [0.25, 0.3) is 0 Å². The van der Waals surface area contributed by atoms with Gasteiger partial charge in [0.1, 0.15) is 0 Å². The summed E-state index contributed by atoms with van der Waals surface area (Å²) in [6, 6.07) is 0. The molecule has 1 atom stereocenters. The maximum atomic E-state index is 4.31. The summed E-state index contributed by atoms with van der Waals surface area (Å²) in [6.45, 7) is 5.55. The summed E-state index contributed by atoms with van der Waals surface area (Å²) < 4.78 is 0. The molecular formula is C11H18N2S. The van der Waals surface area contributed by atoms with Crippen molar-refractivity contribution in [3.63, 3.8) is 0 Å². The van der Waals surface area contributed by atoms with Crippen LogP contribution in [0, 0.1) is 6.92 Å². The molecule has 78 valence electrons. The summed E-state index contributed by atoms with van der Waals surface area (Å²) in [5.41, 5.74) is 0.374. The first-order chi connectivity index (χ1) is 6.74. The van der Waals surface area contributed by atoms with Gasteiger partial charge in [-0.15, -0.1) is 11.3 Å². The fraction of sp³-hybridized carbons (Fsp3) is 0.727. The van der Waals surface area contributed by atoms with E-state index < -0.39 is 0 Å². The maximum absolute atomic E-state index is 4.31. The molecule has 1 aliphatic heterocycles. The van der Waals surface area contributed by atoms with Crippen molar-refractivity contribution in [3.8, 4) is 0 Å². The Morgan fingerprint density at radius 2 is 2.50 bits per heavy atom. The van der Waals surface area contributed by atoms with Gasteiger partial charge in [-0.2, -0.15) is 0 Å². The molecule has 2 nitrogen and oxygen atoms in total. The highest BCUT2D eigenvalue weighted by Gasteiger charge is 2.31. The van der Waals surface area contributed by atoms with E-state index in [0.717, 1.165) is 6.42 Å². The first-order valence-electron chi connectivity index (χ1n) is 5.40. The van der Waals surface area contributed by atoms with Crippen LogP contribution < -0.4 is 5.32 Å². The average Bonchev–Trinajstić information content (AvgIpc) is 2.77. The molecule has 1 unspecified atom stereocenters. The van der Waals surface area contributed by atoms with Crippen LogP contribution in [-0.4, -0.2) is 17.1 Å². The van der Waals surface area contributed by atoms with E-state index in [-0.39, 0.29) is 0 Å². The van der Waals surface area contributed by atoms with Crippen LogP contribution in [0.25, 0.3) is 0 Å². The Balaban J connectivity index is 2.08. The SMILES string of the molecule is CCC1(Cc2cnc(C)s2)CCCN1. The van der Waals surface area contributed by atoms with Crippen molar-refractivity contribution in [2.45, 2.75) is 45.1 Å². The first-order valence-corrected chi connectivity index (χ1v) is 6.22. The van der Waals surface area contributed by atoms with Gasteiger partial charge in [-0.25, -0.2) is 4.98 Å². The van der Waals surface area contributed by atoms with Gasteiger partial charge in [0, 0.05) is 23.0 Å². The number of hydrogen-bond acceptors (Lipinski definition) is 3. The largest absolute Gasteiger partial charge is 0.311 e. The van der Waals surface area contributed by atoms with Crippen LogP contribution in [0.3, 0.4) is 0 Å². The third kappa shape index (κ3) is 1.98. The fourth-order valence-electron chi connectivity index (χ4n) is 2.27.